The van der Waals surface area contributed by atoms with Crippen LogP contribution in [0.25, 0.3) is 0 Å². The van der Waals surface area contributed by atoms with Gasteiger partial charge in [-0.2, -0.15) is 0 Å². The number of nitrogens with one attached hydrogen (secondary N) is 2. The van der Waals surface area contributed by atoms with Crippen molar-refractivity contribution in [3.8, 4) is 11.5 Å². The van der Waals surface area contributed by atoms with E-state index in [4.69, 9.17) is 9.47 Å². The average molecular weight is 427 g/mol. The van der Waals surface area contributed by atoms with Gasteiger partial charge in [-0.1, -0.05) is 38.1 Å². The average Bonchev–Trinajstić information content (AvgIpc) is 2.79. The molecule has 6 heteroatoms. The van der Waals surface area contributed by atoms with Crippen molar-refractivity contribution in [3.05, 3.63) is 59.7 Å². The Morgan fingerprint density at radius 2 is 1.06 bits per heavy atom. The lowest BCUT2D eigenvalue weighted by molar-refractivity contribution is -0.127. The maximum Gasteiger partial charge on any atom is 0.260 e. The van der Waals surface area contributed by atoms with Crippen LogP contribution in [-0.4, -0.2) is 37.1 Å². The van der Waals surface area contributed by atoms with E-state index in [-0.39, 0.29) is 11.8 Å². The molecule has 2 amide bonds. The molecule has 2 rings (SSSR count). The van der Waals surface area contributed by atoms with Crippen molar-refractivity contribution in [1.82, 2.24) is 10.6 Å². The SMILES string of the molecule is CCc1ccc(OC(C)C(=O)NCCCNC(=O)C(C)Oc2ccc(CC)cc2)cc1. The van der Waals surface area contributed by atoms with Crippen LogP contribution >= 0.6 is 0 Å². The molecule has 0 saturated carbocycles. The van der Waals surface area contributed by atoms with E-state index in [0.717, 1.165) is 12.8 Å². The molecule has 0 aliphatic carbocycles. The van der Waals surface area contributed by atoms with Gasteiger partial charge in [0.2, 0.25) is 0 Å². The highest BCUT2D eigenvalue weighted by Crippen LogP contribution is 2.15. The van der Waals surface area contributed by atoms with E-state index in [1.165, 1.54) is 11.1 Å². The maximum atomic E-state index is 12.2. The van der Waals surface area contributed by atoms with Crippen LogP contribution in [0.3, 0.4) is 0 Å². The highest BCUT2D eigenvalue weighted by atomic mass is 16.5. The van der Waals surface area contributed by atoms with E-state index in [1.54, 1.807) is 13.8 Å². The van der Waals surface area contributed by atoms with E-state index >= 15 is 0 Å². The van der Waals surface area contributed by atoms with Crippen LogP contribution in [0.5, 0.6) is 11.5 Å². The molecule has 2 aromatic rings. The molecule has 31 heavy (non-hydrogen) atoms. The fourth-order valence-electron chi connectivity index (χ4n) is 2.92. The number of benzene rings is 2. The van der Waals surface area contributed by atoms with Gasteiger partial charge in [-0.25, -0.2) is 0 Å². The first kappa shape index (κ1) is 24.3. The second-order valence-corrected chi connectivity index (χ2v) is 7.45. The van der Waals surface area contributed by atoms with Crippen LogP contribution in [0.2, 0.25) is 0 Å². The summed E-state index contributed by atoms with van der Waals surface area (Å²) < 4.78 is 11.4. The number of aryl methyl sites for hydroxylation is 2. The third-order valence-corrected chi connectivity index (χ3v) is 4.98. The number of carbonyl (C=O) groups is 2. The Kier molecular flexibility index (Phi) is 9.88. The van der Waals surface area contributed by atoms with Crippen LogP contribution in [-0.2, 0) is 22.4 Å². The molecule has 0 fully saturated rings. The molecular formula is C25H34N2O4. The lowest BCUT2D eigenvalue weighted by atomic mass is 10.2. The van der Waals surface area contributed by atoms with Crippen molar-refractivity contribution in [2.24, 2.45) is 0 Å². The second-order valence-electron chi connectivity index (χ2n) is 7.45. The molecule has 6 nitrogen and oxygen atoms in total. The Bertz CT molecular complexity index is 749. The third kappa shape index (κ3) is 8.32. The van der Waals surface area contributed by atoms with Crippen LogP contribution < -0.4 is 20.1 Å². The highest BCUT2D eigenvalue weighted by molar-refractivity contribution is 5.81. The first-order chi connectivity index (χ1) is 14.9. The number of hydrogen-bond donors (Lipinski definition) is 2. The van der Waals surface area contributed by atoms with E-state index in [2.05, 4.69) is 24.5 Å². The van der Waals surface area contributed by atoms with Gasteiger partial charge in [0.1, 0.15) is 11.5 Å². The molecule has 0 spiro atoms. The molecule has 2 aromatic carbocycles. The van der Waals surface area contributed by atoms with Crippen LogP contribution in [0, 0.1) is 0 Å². The summed E-state index contributed by atoms with van der Waals surface area (Å²) in [5.74, 6) is 0.979. The van der Waals surface area contributed by atoms with E-state index in [9.17, 15) is 9.59 Å². The smallest absolute Gasteiger partial charge is 0.260 e. The molecule has 0 saturated heterocycles. The fraction of sp³-hybridized carbons (Fsp3) is 0.440. The normalized spacial score (nSPS) is 12.5. The standard InChI is InChI=1S/C25H34N2O4/c1-5-20-8-12-22(13-9-20)30-18(3)24(28)26-16-7-17-27-25(29)19(4)31-23-14-10-21(6-2)11-15-23/h8-15,18-19H,5-7,16-17H2,1-4H3,(H,26,28)(H,27,29). The van der Waals surface area contributed by atoms with E-state index in [1.807, 2.05) is 48.5 Å². The summed E-state index contributed by atoms with van der Waals surface area (Å²) in [6.45, 7) is 8.53. The van der Waals surface area contributed by atoms with Gasteiger partial charge >= 0.3 is 0 Å². The molecular weight excluding hydrogens is 392 g/mol. The molecule has 2 N–H and O–H groups in total. The van der Waals surface area contributed by atoms with E-state index in [0.29, 0.717) is 31.0 Å². The Morgan fingerprint density at radius 1 is 0.710 bits per heavy atom. The molecule has 0 aliphatic rings. The Balaban J connectivity index is 1.62. The lowest BCUT2D eigenvalue weighted by Crippen LogP contribution is -2.39. The van der Waals surface area contributed by atoms with Crippen molar-refractivity contribution >= 4 is 11.8 Å². The monoisotopic (exact) mass is 426 g/mol. The second kappa shape index (κ2) is 12.6. The molecule has 2 unspecified atom stereocenters. The lowest BCUT2D eigenvalue weighted by Gasteiger charge is -2.16. The zero-order valence-corrected chi connectivity index (χ0v) is 18.9. The predicted molar refractivity (Wildman–Crippen MR) is 122 cm³/mol. The van der Waals surface area contributed by atoms with Gasteiger partial charge in [0.05, 0.1) is 0 Å². The summed E-state index contributed by atoms with van der Waals surface area (Å²) in [6.07, 6.45) is 1.37. The molecule has 0 radical (unpaired) electrons. The molecule has 2 atom stereocenters. The Morgan fingerprint density at radius 3 is 1.39 bits per heavy atom. The first-order valence-corrected chi connectivity index (χ1v) is 11.0. The van der Waals surface area contributed by atoms with Gasteiger partial charge in [-0.05, 0) is 68.5 Å². The number of amides is 2. The number of hydrogen-bond acceptors (Lipinski definition) is 4. The first-order valence-electron chi connectivity index (χ1n) is 11.0. The third-order valence-electron chi connectivity index (χ3n) is 4.98. The Labute approximate surface area is 185 Å². The summed E-state index contributed by atoms with van der Waals surface area (Å²) in [6, 6.07) is 15.5. The van der Waals surface area contributed by atoms with Crippen molar-refractivity contribution in [1.29, 1.82) is 0 Å². The van der Waals surface area contributed by atoms with Crippen molar-refractivity contribution in [2.45, 2.75) is 59.2 Å². The van der Waals surface area contributed by atoms with Gasteiger partial charge in [0, 0.05) is 13.1 Å². The van der Waals surface area contributed by atoms with Crippen molar-refractivity contribution in [2.75, 3.05) is 13.1 Å². The minimum atomic E-state index is -0.588. The van der Waals surface area contributed by atoms with Crippen molar-refractivity contribution in [3.63, 3.8) is 0 Å². The predicted octanol–water partition coefficient (Wildman–Crippen LogP) is 3.67. The van der Waals surface area contributed by atoms with Crippen molar-refractivity contribution < 1.29 is 19.1 Å². The minimum absolute atomic E-state index is 0.182. The summed E-state index contributed by atoms with van der Waals surface area (Å²) in [7, 11) is 0. The quantitative estimate of drug-likeness (QED) is 0.508. The zero-order valence-electron chi connectivity index (χ0n) is 18.9. The van der Waals surface area contributed by atoms with E-state index < -0.39 is 12.2 Å². The van der Waals surface area contributed by atoms with Crippen LogP contribution in [0.4, 0.5) is 0 Å². The number of carbonyl (C=O) groups excluding carboxylic acids is 2. The topological polar surface area (TPSA) is 76.7 Å². The minimum Gasteiger partial charge on any atom is -0.481 e. The summed E-state index contributed by atoms with van der Waals surface area (Å²) in [5, 5.41) is 5.66. The summed E-state index contributed by atoms with van der Waals surface area (Å²) in [5.41, 5.74) is 2.45. The fourth-order valence-corrected chi connectivity index (χ4v) is 2.92. The summed E-state index contributed by atoms with van der Waals surface area (Å²) in [4.78, 5) is 24.4. The molecule has 0 aromatic heterocycles. The number of rotatable bonds is 12. The number of ether oxygens (including phenoxy) is 2. The molecule has 0 aliphatic heterocycles. The highest BCUT2D eigenvalue weighted by Gasteiger charge is 2.15. The van der Waals surface area contributed by atoms with Gasteiger partial charge < -0.3 is 20.1 Å². The Hall–Kier alpha value is -3.02. The molecule has 0 bridgehead atoms. The van der Waals surface area contributed by atoms with Gasteiger partial charge in [0.25, 0.3) is 11.8 Å². The summed E-state index contributed by atoms with van der Waals surface area (Å²) >= 11 is 0. The van der Waals surface area contributed by atoms with Gasteiger partial charge in [-0.3, -0.25) is 9.59 Å². The zero-order chi connectivity index (χ0) is 22.6. The molecule has 168 valence electrons. The van der Waals surface area contributed by atoms with Crippen LogP contribution in [0.15, 0.2) is 48.5 Å². The van der Waals surface area contributed by atoms with Crippen LogP contribution in [0.1, 0.15) is 45.2 Å². The maximum absolute atomic E-state index is 12.2. The van der Waals surface area contributed by atoms with Gasteiger partial charge in [-0.15, -0.1) is 0 Å². The largest absolute Gasteiger partial charge is 0.481 e. The molecule has 0 heterocycles. The van der Waals surface area contributed by atoms with Gasteiger partial charge in [0.15, 0.2) is 12.2 Å².